The standard InChI is InChI=1S/C12H14F3N/c1-16-7-3-5-9-4-2-6-10(8-11(9)16)12(13,14)15/h2,6,8H,3-5,7H2,1H3. The second kappa shape index (κ2) is 4.00. The number of likely N-dealkylation sites (N-methyl/N-ethyl adjacent to an activating group) is 1. The minimum absolute atomic E-state index is 0.550. The van der Waals surface area contributed by atoms with Gasteiger partial charge in [0.05, 0.1) is 5.57 Å². The average molecular weight is 229 g/mol. The van der Waals surface area contributed by atoms with Crippen molar-refractivity contribution in [3.8, 4) is 0 Å². The van der Waals surface area contributed by atoms with E-state index in [-0.39, 0.29) is 0 Å². The summed E-state index contributed by atoms with van der Waals surface area (Å²) in [6, 6.07) is 0. The van der Waals surface area contributed by atoms with Crippen LogP contribution in [0.1, 0.15) is 19.3 Å². The molecule has 0 unspecified atom stereocenters. The molecule has 0 saturated carbocycles. The SMILES string of the molecule is CN1CCCC2=C1C=C(C(F)(F)F)C=CC2. The van der Waals surface area contributed by atoms with E-state index in [0.29, 0.717) is 6.42 Å². The maximum atomic E-state index is 12.6. The Labute approximate surface area is 92.9 Å². The minimum Gasteiger partial charge on any atom is -0.375 e. The lowest BCUT2D eigenvalue weighted by Gasteiger charge is -2.28. The van der Waals surface area contributed by atoms with Crippen molar-refractivity contribution in [3.05, 3.63) is 35.1 Å². The van der Waals surface area contributed by atoms with Gasteiger partial charge in [0.1, 0.15) is 0 Å². The minimum atomic E-state index is -4.25. The lowest BCUT2D eigenvalue weighted by molar-refractivity contribution is -0.0883. The quantitative estimate of drug-likeness (QED) is 0.615. The van der Waals surface area contributed by atoms with Gasteiger partial charge >= 0.3 is 6.18 Å². The largest absolute Gasteiger partial charge is 0.416 e. The topological polar surface area (TPSA) is 3.24 Å². The van der Waals surface area contributed by atoms with Crippen molar-refractivity contribution in [2.24, 2.45) is 0 Å². The third-order valence-corrected chi connectivity index (χ3v) is 3.03. The molecule has 0 radical (unpaired) electrons. The van der Waals surface area contributed by atoms with E-state index >= 15 is 0 Å². The Balaban J connectivity index is 2.40. The first-order valence-corrected chi connectivity index (χ1v) is 5.37. The van der Waals surface area contributed by atoms with Gasteiger partial charge in [0.15, 0.2) is 0 Å². The molecule has 2 aliphatic rings. The van der Waals surface area contributed by atoms with Gasteiger partial charge in [-0.1, -0.05) is 12.2 Å². The van der Waals surface area contributed by atoms with Crippen LogP contribution in [0.3, 0.4) is 0 Å². The van der Waals surface area contributed by atoms with Gasteiger partial charge in [0, 0.05) is 19.3 Å². The normalized spacial score (nSPS) is 21.8. The van der Waals surface area contributed by atoms with Crippen molar-refractivity contribution in [1.82, 2.24) is 4.90 Å². The van der Waals surface area contributed by atoms with Gasteiger partial charge in [-0.05, 0) is 30.9 Å². The molecule has 1 nitrogen and oxygen atoms in total. The zero-order valence-electron chi connectivity index (χ0n) is 9.14. The van der Waals surface area contributed by atoms with Gasteiger partial charge in [0.2, 0.25) is 0 Å². The Kier molecular flexibility index (Phi) is 2.82. The Morgan fingerprint density at radius 3 is 2.75 bits per heavy atom. The third kappa shape index (κ3) is 2.15. The zero-order chi connectivity index (χ0) is 11.8. The van der Waals surface area contributed by atoms with Crippen molar-refractivity contribution in [1.29, 1.82) is 0 Å². The van der Waals surface area contributed by atoms with Gasteiger partial charge in [-0.2, -0.15) is 13.2 Å². The smallest absolute Gasteiger partial charge is 0.375 e. The third-order valence-electron chi connectivity index (χ3n) is 3.03. The molecular formula is C12H14F3N. The van der Waals surface area contributed by atoms with E-state index < -0.39 is 11.7 Å². The van der Waals surface area contributed by atoms with Crippen LogP contribution < -0.4 is 0 Å². The molecule has 2 rings (SSSR count). The molecule has 0 fully saturated rings. The van der Waals surface area contributed by atoms with Crippen LogP contribution in [0.25, 0.3) is 0 Å². The van der Waals surface area contributed by atoms with Crippen molar-refractivity contribution < 1.29 is 13.2 Å². The summed E-state index contributed by atoms with van der Waals surface area (Å²) in [5.74, 6) is 0. The molecule has 0 atom stereocenters. The molecule has 0 bridgehead atoms. The van der Waals surface area contributed by atoms with Crippen LogP contribution in [0.5, 0.6) is 0 Å². The summed E-state index contributed by atoms with van der Waals surface area (Å²) in [5.41, 5.74) is 1.32. The van der Waals surface area contributed by atoms with Crippen LogP contribution in [0.15, 0.2) is 35.1 Å². The molecule has 0 aromatic rings. The van der Waals surface area contributed by atoms with E-state index in [0.717, 1.165) is 30.7 Å². The Morgan fingerprint density at radius 2 is 2.06 bits per heavy atom. The summed E-state index contributed by atoms with van der Waals surface area (Å²) in [4.78, 5) is 1.91. The average Bonchev–Trinajstić information content (AvgIpc) is 2.39. The van der Waals surface area contributed by atoms with E-state index in [1.165, 1.54) is 12.2 Å². The van der Waals surface area contributed by atoms with Crippen LogP contribution in [-0.2, 0) is 0 Å². The molecule has 1 heterocycles. The van der Waals surface area contributed by atoms with Gasteiger partial charge in [-0.15, -0.1) is 0 Å². The van der Waals surface area contributed by atoms with Gasteiger partial charge in [-0.3, -0.25) is 0 Å². The number of allylic oxidation sites excluding steroid dienone is 5. The molecule has 16 heavy (non-hydrogen) atoms. The Bertz CT molecular complexity index is 374. The lowest BCUT2D eigenvalue weighted by atomic mass is 10.00. The fourth-order valence-electron chi connectivity index (χ4n) is 2.17. The van der Waals surface area contributed by atoms with E-state index in [1.807, 2.05) is 11.9 Å². The van der Waals surface area contributed by atoms with Crippen LogP contribution >= 0.6 is 0 Å². The summed E-state index contributed by atoms with van der Waals surface area (Å²) in [6.07, 6.45) is 2.39. The molecule has 4 heteroatoms. The van der Waals surface area contributed by atoms with Crippen LogP contribution in [0, 0.1) is 0 Å². The molecule has 88 valence electrons. The highest BCUT2D eigenvalue weighted by atomic mass is 19.4. The number of alkyl halides is 3. The van der Waals surface area contributed by atoms with E-state index in [9.17, 15) is 13.2 Å². The van der Waals surface area contributed by atoms with Crippen molar-refractivity contribution in [2.75, 3.05) is 13.6 Å². The van der Waals surface area contributed by atoms with E-state index in [4.69, 9.17) is 0 Å². The summed E-state index contributed by atoms with van der Waals surface area (Å²) in [5, 5.41) is 0. The number of rotatable bonds is 0. The molecule has 0 N–H and O–H groups in total. The summed E-state index contributed by atoms with van der Waals surface area (Å²) < 4.78 is 37.9. The van der Waals surface area contributed by atoms with Gasteiger partial charge < -0.3 is 4.90 Å². The molecule has 1 aliphatic heterocycles. The van der Waals surface area contributed by atoms with Gasteiger partial charge in [0.25, 0.3) is 0 Å². The maximum Gasteiger partial charge on any atom is 0.416 e. The molecule has 0 saturated heterocycles. The highest BCUT2D eigenvalue weighted by Gasteiger charge is 2.33. The first kappa shape index (κ1) is 11.3. The monoisotopic (exact) mass is 229 g/mol. The summed E-state index contributed by atoms with van der Waals surface area (Å²) in [7, 11) is 1.85. The fraction of sp³-hybridized carbons (Fsp3) is 0.500. The number of hydrogen-bond acceptors (Lipinski definition) is 1. The van der Waals surface area contributed by atoms with Crippen LogP contribution in [0.2, 0.25) is 0 Å². The lowest BCUT2D eigenvalue weighted by Crippen LogP contribution is -2.24. The van der Waals surface area contributed by atoms with E-state index in [1.54, 1.807) is 6.08 Å². The zero-order valence-corrected chi connectivity index (χ0v) is 9.14. The molecule has 1 aliphatic carbocycles. The number of nitrogens with zero attached hydrogens (tertiary/aromatic N) is 1. The Morgan fingerprint density at radius 1 is 1.31 bits per heavy atom. The molecular weight excluding hydrogens is 215 g/mol. The first-order valence-electron chi connectivity index (χ1n) is 5.37. The van der Waals surface area contributed by atoms with Crippen LogP contribution in [-0.4, -0.2) is 24.7 Å². The molecule has 0 aromatic carbocycles. The Hall–Kier alpha value is -1.19. The van der Waals surface area contributed by atoms with Crippen LogP contribution in [0.4, 0.5) is 13.2 Å². The fourth-order valence-corrected chi connectivity index (χ4v) is 2.17. The highest BCUT2D eigenvalue weighted by molar-refractivity contribution is 5.40. The molecule has 0 amide bonds. The number of hydrogen-bond donors (Lipinski definition) is 0. The second-order valence-electron chi connectivity index (χ2n) is 4.22. The van der Waals surface area contributed by atoms with Crippen molar-refractivity contribution in [2.45, 2.75) is 25.4 Å². The first-order chi connectivity index (χ1) is 7.48. The molecule has 0 spiro atoms. The predicted octanol–water partition coefficient (Wildman–Crippen LogP) is 3.41. The van der Waals surface area contributed by atoms with Gasteiger partial charge in [-0.25, -0.2) is 0 Å². The van der Waals surface area contributed by atoms with E-state index in [2.05, 4.69) is 0 Å². The van der Waals surface area contributed by atoms with Crippen molar-refractivity contribution >= 4 is 0 Å². The summed E-state index contributed by atoms with van der Waals surface area (Å²) in [6.45, 7) is 0.834. The summed E-state index contributed by atoms with van der Waals surface area (Å²) >= 11 is 0. The predicted molar refractivity (Wildman–Crippen MR) is 56.8 cm³/mol. The highest BCUT2D eigenvalue weighted by Crippen LogP contribution is 2.34. The van der Waals surface area contributed by atoms with Crippen molar-refractivity contribution in [3.63, 3.8) is 0 Å². The maximum absolute atomic E-state index is 12.6. The second-order valence-corrected chi connectivity index (χ2v) is 4.22. The molecule has 0 aromatic heterocycles. The number of halogens is 3.